The van der Waals surface area contributed by atoms with Gasteiger partial charge in [-0.1, -0.05) is 31.5 Å². The van der Waals surface area contributed by atoms with Gasteiger partial charge in [0.25, 0.3) is 5.69 Å². The summed E-state index contributed by atoms with van der Waals surface area (Å²) in [6.45, 7) is 5.51. The summed E-state index contributed by atoms with van der Waals surface area (Å²) in [6.07, 6.45) is 2.20. The Kier molecular flexibility index (Phi) is 11.0. The molecule has 8 heteroatoms. The van der Waals surface area contributed by atoms with E-state index >= 15 is 0 Å². The summed E-state index contributed by atoms with van der Waals surface area (Å²) >= 11 is 0. The number of nitro benzene ring substituents is 1. The molecular weight excluding hydrogens is 324 g/mol. The maximum Gasteiger partial charge on any atom is 0.274 e. The first-order valence-electron chi connectivity index (χ1n) is 8.51. The predicted octanol–water partition coefficient (Wildman–Crippen LogP) is 2.09. The molecule has 0 unspecified atom stereocenters. The lowest BCUT2D eigenvalue weighted by Crippen LogP contribution is -2.38. The van der Waals surface area contributed by atoms with Crippen LogP contribution >= 0.6 is 0 Å². The number of nitrogens with zero attached hydrogens (tertiary/aromatic N) is 2. The molecular formula is C17H28N4O4. The first kappa shape index (κ1) is 20.9. The fourth-order valence-corrected chi connectivity index (χ4v) is 2.05. The van der Waals surface area contributed by atoms with Crippen molar-refractivity contribution in [3.63, 3.8) is 0 Å². The van der Waals surface area contributed by atoms with Crippen LogP contribution in [0.3, 0.4) is 0 Å². The largest absolute Gasteiger partial charge is 0.379 e. The monoisotopic (exact) mass is 352 g/mol. The highest BCUT2D eigenvalue weighted by Gasteiger charge is 2.12. The number of hydrogen-bond donors (Lipinski definition) is 2. The second-order valence-electron chi connectivity index (χ2n) is 5.32. The summed E-state index contributed by atoms with van der Waals surface area (Å²) in [6, 6.07) is 6.64. The quantitative estimate of drug-likeness (QED) is 0.196. The Bertz CT molecular complexity index is 537. The van der Waals surface area contributed by atoms with Crippen LogP contribution in [-0.2, 0) is 16.0 Å². The van der Waals surface area contributed by atoms with Crippen LogP contribution in [-0.4, -0.2) is 50.9 Å². The molecule has 25 heavy (non-hydrogen) atoms. The number of nitrogens with one attached hydrogen (secondary N) is 2. The Morgan fingerprint density at radius 1 is 1.16 bits per heavy atom. The zero-order valence-corrected chi connectivity index (χ0v) is 15.0. The highest BCUT2D eigenvalue weighted by Crippen LogP contribution is 2.16. The lowest BCUT2D eigenvalue weighted by Gasteiger charge is -2.12. The zero-order chi connectivity index (χ0) is 18.3. The summed E-state index contributed by atoms with van der Waals surface area (Å²) in [5.74, 6) is 0.570. The number of hydrogen-bond acceptors (Lipinski definition) is 5. The van der Waals surface area contributed by atoms with E-state index in [2.05, 4.69) is 22.5 Å². The van der Waals surface area contributed by atoms with E-state index < -0.39 is 0 Å². The van der Waals surface area contributed by atoms with Crippen LogP contribution in [0.5, 0.6) is 0 Å². The van der Waals surface area contributed by atoms with Gasteiger partial charge >= 0.3 is 0 Å². The average molecular weight is 352 g/mol. The van der Waals surface area contributed by atoms with Gasteiger partial charge in [0.2, 0.25) is 0 Å². The lowest BCUT2D eigenvalue weighted by atomic mass is 10.2. The molecule has 1 aromatic carbocycles. The van der Waals surface area contributed by atoms with Crippen molar-refractivity contribution in [2.75, 3.05) is 40.0 Å². The summed E-state index contributed by atoms with van der Waals surface area (Å²) in [5.41, 5.74) is 0.702. The van der Waals surface area contributed by atoms with Crippen molar-refractivity contribution in [2.45, 2.75) is 26.3 Å². The Balaban J connectivity index is 2.20. The van der Waals surface area contributed by atoms with Gasteiger partial charge in [-0.25, -0.2) is 0 Å². The van der Waals surface area contributed by atoms with Crippen molar-refractivity contribution >= 4 is 11.6 Å². The number of aliphatic imine (C=N–C) groups is 1. The Morgan fingerprint density at radius 3 is 2.56 bits per heavy atom. The minimum Gasteiger partial charge on any atom is -0.379 e. The number of nitro groups is 1. The third-order valence-corrected chi connectivity index (χ3v) is 3.41. The molecule has 0 spiro atoms. The summed E-state index contributed by atoms with van der Waals surface area (Å²) in [7, 11) is 1.65. The van der Waals surface area contributed by atoms with Crippen molar-refractivity contribution in [1.82, 2.24) is 10.6 Å². The Morgan fingerprint density at radius 2 is 1.88 bits per heavy atom. The van der Waals surface area contributed by atoms with E-state index in [1.807, 2.05) is 0 Å². The van der Waals surface area contributed by atoms with Crippen LogP contribution in [0.25, 0.3) is 0 Å². The normalized spacial score (nSPS) is 11.4. The lowest BCUT2D eigenvalue weighted by molar-refractivity contribution is -0.385. The molecule has 0 bridgehead atoms. The Labute approximate surface area is 148 Å². The fourth-order valence-electron chi connectivity index (χ4n) is 2.05. The summed E-state index contributed by atoms with van der Waals surface area (Å²) < 4.78 is 10.9. The molecule has 0 heterocycles. The number of benzene rings is 1. The maximum absolute atomic E-state index is 11.0. The van der Waals surface area contributed by atoms with Crippen molar-refractivity contribution in [3.05, 3.63) is 39.9 Å². The van der Waals surface area contributed by atoms with Crippen LogP contribution < -0.4 is 10.6 Å². The van der Waals surface area contributed by atoms with Crippen molar-refractivity contribution < 1.29 is 14.4 Å². The number of ether oxygens (including phenoxy) is 2. The van der Waals surface area contributed by atoms with Crippen LogP contribution in [0.1, 0.15) is 25.3 Å². The maximum atomic E-state index is 11.0. The molecule has 0 radical (unpaired) electrons. The van der Waals surface area contributed by atoms with E-state index in [0.29, 0.717) is 44.4 Å². The molecule has 2 N–H and O–H groups in total. The van der Waals surface area contributed by atoms with Crippen molar-refractivity contribution in [3.8, 4) is 0 Å². The second kappa shape index (κ2) is 13.1. The first-order valence-corrected chi connectivity index (χ1v) is 8.51. The van der Waals surface area contributed by atoms with E-state index in [9.17, 15) is 10.1 Å². The molecule has 0 atom stereocenters. The molecule has 0 saturated carbocycles. The molecule has 1 aromatic rings. The number of rotatable bonds is 12. The summed E-state index contributed by atoms with van der Waals surface area (Å²) in [4.78, 5) is 14.7. The van der Waals surface area contributed by atoms with Crippen molar-refractivity contribution in [1.29, 1.82) is 0 Å². The van der Waals surface area contributed by atoms with Crippen LogP contribution in [0.15, 0.2) is 29.3 Å². The van der Waals surface area contributed by atoms with Crippen LogP contribution in [0, 0.1) is 10.1 Å². The minimum absolute atomic E-state index is 0.0943. The molecule has 140 valence electrons. The highest BCUT2D eigenvalue weighted by molar-refractivity contribution is 5.79. The predicted molar refractivity (Wildman–Crippen MR) is 97.8 cm³/mol. The number of para-hydroxylation sites is 1. The Hall–Kier alpha value is -2.19. The highest BCUT2D eigenvalue weighted by atomic mass is 16.6. The van der Waals surface area contributed by atoms with Gasteiger partial charge in [-0.05, 0) is 6.42 Å². The van der Waals surface area contributed by atoms with Crippen LogP contribution in [0.4, 0.5) is 5.69 Å². The summed E-state index contributed by atoms with van der Waals surface area (Å²) in [5, 5.41) is 17.2. The average Bonchev–Trinajstić information content (AvgIpc) is 2.63. The van der Waals surface area contributed by atoms with E-state index in [0.717, 1.165) is 19.4 Å². The molecule has 0 aliphatic carbocycles. The number of unbranched alkanes of at least 4 members (excludes halogenated alkanes) is 1. The van der Waals surface area contributed by atoms with Gasteiger partial charge in [0.05, 0.1) is 24.7 Å². The van der Waals surface area contributed by atoms with E-state index in [1.165, 1.54) is 6.07 Å². The van der Waals surface area contributed by atoms with Gasteiger partial charge in [-0.2, -0.15) is 0 Å². The molecule has 0 amide bonds. The molecule has 0 aliphatic heterocycles. The van der Waals surface area contributed by atoms with Crippen LogP contribution in [0.2, 0.25) is 0 Å². The van der Waals surface area contributed by atoms with Gasteiger partial charge < -0.3 is 20.1 Å². The fraction of sp³-hybridized carbons (Fsp3) is 0.588. The van der Waals surface area contributed by atoms with Gasteiger partial charge in [-0.15, -0.1) is 0 Å². The number of guanidine groups is 1. The van der Waals surface area contributed by atoms with E-state index in [4.69, 9.17) is 9.47 Å². The molecule has 0 aromatic heterocycles. The molecule has 0 fully saturated rings. The smallest absolute Gasteiger partial charge is 0.274 e. The van der Waals surface area contributed by atoms with Gasteiger partial charge in [-0.3, -0.25) is 15.1 Å². The SMILES string of the molecule is CCCCOCCOCCNC(=NC)NCc1ccccc1[N+](=O)[O-]. The minimum atomic E-state index is -0.385. The van der Waals surface area contributed by atoms with Gasteiger partial charge in [0.1, 0.15) is 0 Å². The van der Waals surface area contributed by atoms with E-state index in [1.54, 1.807) is 25.2 Å². The van der Waals surface area contributed by atoms with Gasteiger partial charge in [0, 0.05) is 38.4 Å². The first-order chi connectivity index (χ1) is 12.2. The van der Waals surface area contributed by atoms with Crippen molar-refractivity contribution in [2.24, 2.45) is 4.99 Å². The molecule has 0 saturated heterocycles. The molecule has 8 nitrogen and oxygen atoms in total. The third-order valence-electron chi connectivity index (χ3n) is 3.41. The topological polar surface area (TPSA) is 98.0 Å². The zero-order valence-electron chi connectivity index (χ0n) is 15.0. The second-order valence-corrected chi connectivity index (χ2v) is 5.32. The van der Waals surface area contributed by atoms with E-state index in [-0.39, 0.29) is 10.6 Å². The standard InChI is InChI=1S/C17H28N4O4/c1-3-4-10-24-12-13-25-11-9-19-17(18-2)20-14-15-7-5-6-8-16(15)21(22)23/h5-8H,3-4,9-14H2,1-2H3,(H2,18,19,20). The molecule has 1 rings (SSSR count). The molecule has 0 aliphatic rings. The third kappa shape index (κ3) is 9.02. The van der Waals surface area contributed by atoms with Gasteiger partial charge in [0.15, 0.2) is 5.96 Å².